The van der Waals surface area contributed by atoms with Crippen LogP contribution in [0.25, 0.3) is 0 Å². The highest BCUT2D eigenvalue weighted by Gasteiger charge is 2.29. The molecule has 1 aromatic heterocycles. The van der Waals surface area contributed by atoms with Crippen LogP contribution in [0.1, 0.15) is 42.5 Å². The Hall–Kier alpha value is -2.75. The Bertz CT molecular complexity index is 1220. The third-order valence-electron chi connectivity index (χ3n) is 5.60. The molecule has 0 aliphatic carbocycles. The van der Waals surface area contributed by atoms with E-state index in [1.54, 1.807) is 12.1 Å². The van der Waals surface area contributed by atoms with Crippen molar-refractivity contribution >= 4 is 33.0 Å². The van der Waals surface area contributed by atoms with Gasteiger partial charge < -0.3 is 10.1 Å². The van der Waals surface area contributed by atoms with E-state index in [1.165, 1.54) is 27.3 Å². The number of sulfonamides is 1. The molecule has 0 saturated carbocycles. The minimum absolute atomic E-state index is 0.0906. The van der Waals surface area contributed by atoms with Crippen molar-refractivity contribution in [3.05, 3.63) is 70.2 Å². The summed E-state index contributed by atoms with van der Waals surface area (Å²) in [7, 11) is -3.71. The molecule has 0 unspecified atom stereocenters. The smallest absolute Gasteiger partial charge is 0.246 e. The van der Waals surface area contributed by atoms with Gasteiger partial charge in [-0.2, -0.15) is 4.31 Å². The molecule has 2 aromatic carbocycles. The second-order valence-corrected chi connectivity index (χ2v) is 11.0. The predicted octanol–water partition coefficient (Wildman–Crippen LogP) is 4.49. The number of carbonyl (C=O) groups excluding carboxylic acids is 1. The molecule has 1 aliphatic rings. The van der Waals surface area contributed by atoms with Gasteiger partial charge in [0, 0.05) is 30.6 Å². The van der Waals surface area contributed by atoms with Gasteiger partial charge in [0.2, 0.25) is 15.9 Å². The summed E-state index contributed by atoms with van der Waals surface area (Å²) in [5.41, 5.74) is 2.29. The Morgan fingerprint density at radius 2 is 1.88 bits per heavy atom. The number of hydrogen-bond acceptors (Lipinski definition) is 6. The fourth-order valence-corrected chi connectivity index (χ4v) is 6.46. The number of rotatable bonds is 9. The fraction of sp³-hybridized carbons (Fsp3) is 0.360. The first-order valence-electron chi connectivity index (χ1n) is 11.5. The van der Waals surface area contributed by atoms with Crippen LogP contribution in [0.4, 0.5) is 5.69 Å². The van der Waals surface area contributed by atoms with E-state index in [4.69, 9.17) is 4.74 Å². The minimum atomic E-state index is -3.71. The zero-order valence-corrected chi connectivity index (χ0v) is 20.8. The molecule has 1 saturated heterocycles. The first kappa shape index (κ1) is 24.4. The van der Waals surface area contributed by atoms with Crippen LogP contribution < -0.4 is 10.1 Å². The molecule has 34 heavy (non-hydrogen) atoms. The third-order valence-corrected chi connectivity index (χ3v) is 8.42. The lowest BCUT2D eigenvalue weighted by atomic mass is 10.2. The molecule has 1 N–H and O–H groups in total. The molecule has 3 aromatic rings. The van der Waals surface area contributed by atoms with Crippen molar-refractivity contribution < 1.29 is 17.9 Å². The lowest BCUT2D eigenvalue weighted by molar-refractivity contribution is -0.115. The van der Waals surface area contributed by atoms with Gasteiger partial charge >= 0.3 is 0 Å². The van der Waals surface area contributed by atoms with Crippen LogP contribution in [0.2, 0.25) is 0 Å². The number of aromatic nitrogens is 1. The Morgan fingerprint density at radius 3 is 2.62 bits per heavy atom. The van der Waals surface area contributed by atoms with Gasteiger partial charge in [0.1, 0.15) is 10.6 Å². The van der Waals surface area contributed by atoms with E-state index in [0.29, 0.717) is 36.8 Å². The van der Waals surface area contributed by atoms with Gasteiger partial charge in [-0.1, -0.05) is 36.8 Å². The van der Waals surface area contributed by atoms with Crippen LogP contribution in [0.3, 0.4) is 0 Å². The van der Waals surface area contributed by atoms with E-state index < -0.39 is 10.0 Å². The number of thiazole rings is 1. The summed E-state index contributed by atoms with van der Waals surface area (Å²) in [6.07, 6.45) is 3.57. The summed E-state index contributed by atoms with van der Waals surface area (Å²) < 4.78 is 33.7. The van der Waals surface area contributed by atoms with Gasteiger partial charge in [0.15, 0.2) is 0 Å². The fourth-order valence-electron chi connectivity index (χ4n) is 3.96. The van der Waals surface area contributed by atoms with Crippen molar-refractivity contribution in [1.29, 1.82) is 0 Å². The minimum Gasteiger partial charge on any atom is -0.492 e. The second kappa shape index (κ2) is 11.1. The molecule has 0 atom stereocenters. The van der Waals surface area contributed by atoms with Crippen LogP contribution in [0.15, 0.2) is 58.8 Å². The molecule has 2 heterocycles. The van der Waals surface area contributed by atoms with Crippen LogP contribution in [-0.2, 0) is 27.7 Å². The Morgan fingerprint density at radius 1 is 1.12 bits per heavy atom. The van der Waals surface area contributed by atoms with Crippen molar-refractivity contribution in [1.82, 2.24) is 9.29 Å². The van der Waals surface area contributed by atoms with Gasteiger partial charge in [-0.25, -0.2) is 13.4 Å². The molecular weight excluding hydrogens is 470 g/mol. The zero-order chi connectivity index (χ0) is 24.0. The summed E-state index contributed by atoms with van der Waals surface area (Å²) in [6, 6.07) is 14.8. The van der Waals surface area contributed by atoms with Crippen molar-refractivity contribution in [3.8, 4) is 5.75 Å². The molecule has 0 spiro atoms. The standard InChI is InChI=1S/C25H29N3O4S2/c1-2-32-22-12-11-20(16-23(22)34(30,31)28-13-7-4-8-14-28)26-24(29)17-21-18-33-25(27-21)15-19-9-5-3-6-10-19/h3,5-6,9-12,16,18H,2,4,7-8,13-15,17H2,1H3,(H,26,29). The van der Waals surface area contributed by atoms with Crippen LogP contribution in [0, 0.1) is 0 Å². The number of hydrogen-bond donors (Lipinski definition) is 1. The van der Waals surface area contributed by atoms with Crippen LogP contribution in [0.5, 0.6) is 5.75 Å². The molecular formula is C25H29N3O4S2. The SMILES string of the molecule is CCOc1ccc(NC(=O)Cc2csc(Cc3ccccc3)n2)cc1S(=O)(=O)N1CCCCC1. The summed E-state index contributed by atoms with van der Waals surface area (Å²) >= 11 is 1.53. The van der Waals surface area contributed by atoms with Gasteiger partial charge in [-0.05, 0) is 43.5 Å². The summed E-state index contributed by atoms with van der Waals surface area (Å²) in [5, 5.41) is 5.66. The van der Waals surface area contributed by atoms with Crippen molar-refractivity contribution in [2.45, 2.75) is 43.9 Å². The average molecular weight is 500 g/mol. The van der Waals surface area contributed by atoms with E-state index in [2.05, 4.69) is 22.4 Å². The molecule has 1 fully saturated rings. The van der Waals surface area contributed by atoms with E-state index in [9.17, 15) is 13.2 Å². The van der Waals surface area contributed by atoms with E-state index >= 15 is 0 Å². The lowest BCUT2D eigenvalue weighted by Gasteiger charge is -2.27. The molecule has 1 amide bonds. The first-order valence-corrected chi connectivity index (χ1v) is 13.8. The Labute approximate surface area is 204 Å². The third kappa shape index (κ3) is 6.02. The molecule has 7 nitrogen and oxygen atoms in total. The van der Waals surface area contributed by atoms with E-state index in [1.807, 2.05) is 30.5 Å². The Kier molecular flexibility index (Phi) is 7.97. The largest absolute Gasteiger partial charge is 0.492 e. The highest BCUT2D eigenvalue weighted by molar-refractivity contribution is 7.89. The number of amides is 1. The maximum Gasteiger partial charge on any atom is 0.246 e. The van der Waals surface area contributed by atoms with Crippen molar-refractivity contribution in [2.24, 2.45) is 0 Å². The maximum absolute atomic E-state index is 13.3. The monoisotopic (exact) mass is 499 g/mol. The average Bonchev–Trinajstić information content (AvgIpc) is 3.27. The molecule has 0 radical (unpaired) electrons. The van der Waals surface area contributed by atoms with Gasteiger partial charge in [-0.3, -0.25) is 4.79 Å². The Balaban J connectivity index is 1.46. The maximum atomic E-state index is 13.3. The summed E-state index contributed by atoms with van der Waals surface area (Å²) in [6.45, 7) is 3.16. The topological polar surface area (TPSA) is 88.6 Å². The van der Waals surface area contributed by atoms with Gasteiger partial charge in [-0.15, -0.1) is 11.3 Å². The lowest BCUT2D eigenvalue weighted by Crippen LogP contribution is -2.35. The molecule has 0 bridgehead atoms. The second-order valence-electron chi connectivity index (χ2n) is 8.18. The van der Waals surface area contributed by atoms with E-state index in [0.717, 1.165) is 30.7 Å². The zero-order valence-electron chi connectivity index (χ0n) is 19.2. The molecule has 180 valence electrons. The number of nitrogens with zero attached hydrogens (tertiary/aromatic N) is 2. The van der Waals surface area contributed by atoms with Crippen LogP contribution in [-0.4, -0.2) is 43.3 Å². The normalized spacial score (nSPS) is 14.6. The highest BCUT2D eigenvalue weighted by atomic mass is 32.2. The van der Waals surface area contributed by atoms with Gasteiger partial charge in [0.25, 0.3) is 0 Å². The molecule has 9 heteroatoms. The summed E-state index contributed by atoms with van der Waals surface area (Å²) in [4.78, 5) is 17.4. The number of piperidine rings is 1. The number of ether oxygens (including phenoxy) is 1. The highest BCUT2D eigenvalue weighted by Crippen LogP contribution is 2.31. The summed E-state index contributed by atoms with van der Waals surface area (Å²) in [5.74, 6) is 0.0539. The van der Waals surface area contributed by atoms with E-state index in [-0.39, 0.29) is 17.2 Å². The quantitative estimate of drug-likeness (QED) is 0.469. The number of carbonyl (C=O) groups is 1. The molecule has 1 aliphatic heterocycles. The van der Waals surface area contributed by atoms with Crippen molar-refractivity contribution in [2.75, 3.05) is 25.0 Å². The number of nitrogens with one attached hydrogen (secondary N) is 1. The van der Waals surface area contributed by atoms with Gasteiger partial charge in [0.05, 0.1) is 23.7 Å². The molecule has 4 rings (SSSR count). The number of benzene rings is 2. The van der Waals surface area contributed by atoms with Crippen LogP contribution >= 0.6 is 11.3 Å². The van der Waals surface area contributed by atoms with Crippen molar-refractivity contribution in [3.63, 3.8) is 0 Å². The predicted molar refractivity (Wildman–Crippen MR) is 134 cm³/mol. The number of anilines is 1. The first-order chi connectivity index (χ1) is 16.5.